The molecule has 0 aliphatic carbocycles. The van der Waals surface area contributed by atoms with E-state index < -0.39 is 44.0 Å². The molecule has 4 atom stereocenters. The second-order valence-corrected chi connectivity index (χ2v) is 18.6. The van der Waals surface area contributed by atoms with Gasteiger partial charge in [0.1, 0.15) is 35.4 Å². The Bertz CT molecular complexity index is 1870. The molecule has 2 N–H and O–H groups in total. The van der Waals surface area contributed by atoms with E-state index in [-0.39, 0.29) is 11.6 Å². The predicted octanol–water partition coefficient (Wildman–Crippen LogP) is 5.63. The molecule has 259 valence electrons. The monoisotopic (exact) mass is 684 g/mol. The zero-order chi connectivity index (χ0) is 35.0. The molecule has 0 radical (unpaired) electrons. The number of hydrogen-bond donors (Lipinski definition) is 2. The summed E-state index contributed by atoms with van der Waals surface area (Å²) >= 11 is 0. The van der Waals surface area contributed by atoms with E-state index in [9.17, 15) is 9.90 Å². The summed E-state index contributed by atoms with van der Waals surface area (Å²) < 4.78 is 32.9. The highest BCUT2D eigenvalue weighted by Crippen LogP contribution is 2.46. The maximum absolute atomic E-state index is 12.5. The Morgan fingerprint density at radius 1 is 0.878 bits per heavy atom. The van der Waals surface area contributed by atoms with Gasteiger partial charge in [0.25, 0.3) is 0 Å². The van der Waals surface area contributed by atoms with Crippen molar-refractivity contribution in [2.24, 2.45) is 0 Å². The number of ether oxygens (including phenoxy) is 4. The molecule has 0 amide bonds. The fraction of sp³-hybridized carbons (Fsp3) is 0.378. The van der Waals surface area contributed by atoms with Crippen molar-refractivity contribution in [1.29, 1.82) is 0 Å². The van der Waals surface area contributed by atoms with Crippen molar-refractivity contribution < 1.29 is 28.5 Å². The van der Waals surface area contributed by atoms with Crippen LogP contribution in [0, 0.1) is 0 Å². The minimum atomic E-state index is -2.42. The number of aliphatic hydroxyl groups excluding tert-OH is 1. The quantitative estimate of drug-likeness (QED) is 0.134. The van der Waals surface area contributed by atoms with Gasteiger partial charge in [-0.1, -0.05) is 75.4 Å². The molecule has 1 fully saturated rings. The van der Waals surface area contributed by atoms with E-state index >= 15 is 0 Å². The molecule has 0 unspecified atom stereocenters. The number of aliphatic hydroxyl groups is 1. The van der Waals surface area contributed by atoms with Gasteiger partial charge in [0.2, 0.25) is 0 Å². The van der Waals surface area contributed by atoms with Gasteiger partial charge in [-0.2, -0.15) is 14.7 Å². The topological polar surface area (TPSA) is 129 Å². The third-order valence-electron chi connectivity index (χ3n) is 9.89. The largest absolute Gasteiger partial charge is 0.558 e. The number of nitrogens with one attached hydrogen (secondary N) is 1. The van der Waals surface area contributed by atoms with Crippen molar-refractivity contribution in [3.8, 4) is 11.5 Å². The van der Waals surface area contributed by atoms with Gasteiger partial charge in [0, 0.05) is 5.56 Å². The average molecular weight is 685 g/mol. The Labute approximate surface area is 286 Å². The van der Waals surface area contributed by atoms with Crippen LogP contribution in [-0.2, 0) is 19.5 Å². The van der Waals surface area contributed by atoms with E-state index in [1.165, 1.54) is 10.7 Å². The molecule has 1 aliphatic heterocycles. The van der Waals surface area contributed by atoms with Crippen LogP contribution in [0.4, 0.5) is 0 Å². The van der Waals surface area contributed by atoms with Gasteiger partial charge < -0.3 is 28.5 Å². The Morgan fingerprint density at radius 2 is 1.45 bits per heavy atom. The smallest absolute Gasteiger partial charge is 0.363 e. The summed E-state index contributed by atoms with van der Waals surface area (Å²) in [7, 11) is 0.839. The van der Waals surface area contributed by atoms with Crippen molar-refractivity contribution in [2.75, 3.05) is 20.8 Å². The summed E-state index contributed by atoms with van der Waals surface area (Å²) in [5.41, 5.74) is 2.08. The fourth-order valence-corrected chi connectivity index (χ4v) is 7.43. The molecule has 0 bridgehead atoms. The van der Waals surface area contributed by atoms with E-state index in [1.54, 1.807) is 20.4 Å². The van der Waals surface area contributed by atoms with E-state index in [0.717, 1.165) is 16.7 Å². The molecule has 1 saturated heterocycles. The standard InChI is InChI=1S/C37H44N4O7Si/c1-36(2,3)49(6,7)48-34-32(42)31(47-33(34)29-21-39-41-30(29)22-38-40-35(41)43)23-46-37(24-11-9-8-10-12-24,25-13-17-27(44-4)18-14-25)26-15-19-28(45-5)20-16-26/h8-22,31-34,42H,23H2,1-7H3,(H,40,43)/q-1/t31-,32-,33+,34-/m1/s1. The molecule has 2 aromatic heterocycles. The number of nitrogens with zero attached hydrogens (tertiary/aromatic N) is 3. The first-order chi connectivity index (χ1) is 23.4. The van der Waals surface area contributed by atoms with Crippen molar-refractivity contribution in [2.45, 2.75) is 68.9 Å². The Hall–Kier alpha value is -4.33. The lowest BCUT2D eigenvalue weighted by atomic mass is 9.80. The fourth-order valence-electron chi connectivity index (χ4n) is 6.13. The second-order valence-electron chi connectivity index (χ2n) is 13.8. The lowest BCUT2D eigenvalue weighted by molar-refractivity contribution is -0.0826. The molecule has 49 heavy (non-hydrogen) atoms. The van der Waals surface area contributed by atoms with Crippen LogP contribution in [0.5, 0.6) is 11.5 Å². The number of aromatic nitrogens is 4. The Kier molecular flexibility index (Phi) is 9.53. The van der Waals surface area contributed by atoms with Crippen LogP contribution in [0.15, 0.2) is 96.1 Å². The third kappa shape index (κ3) is 6.42. The van der Waals surface area contributed by atoms with Crippen LogP contribution < -0.4 is 15.2 Å². The van der Waals surface area contributed by atoms with Gasteiger partial charge in [0.05, 0.1) is 44.8 Å². The highest BCUT2D eigenvalue weighted by atomic mass is 28.4. The molecular formula is C37H44N4O7Si-. The SMILES string of the molecule is COc1ccc(C(OC[C@H]2O[C@@H](c3cnn4c(=O)[nH]ncc34)[C@H](O[Si-](C)(C)C(C)(C)C)[C@@H]2O)(c2ccccc2)c2ccc(OC)cc2)cc1. The van der Waals surface area contributed by atoms with Gasteiger partial charge in [0.15, 0.2) is 0 Å². The molecule has 11 nitrogen and oxygen atoms in total. The summed E-state index contributed by atoms with van der Waals surface area (Å²) in [6.45, 7) is 10.7. The van der Waals surface area contributed by atoms with Crippen LogP contribution in [0.3, 0.4) is 0 Å². The van der Waals surface area contributed by atoms with Crippen LogP contribution in [0.1, 0.15) is 49.1 Å². The lowest BCUT2D eigenvalue weighted by Crippen LogP contribution is -2.48. The molecule has 0 spiro atoms. The molecule has 1 aliphatic rings. The van der Waals surface area contributed by atoms with Crippen LogP contribution >= 0.6 is 0 Å². The molecule has 3 heterocycles. The summed E-state index contributed by atoms with van der Waals surface area (Å²) in [5, 5.41) is 22.6. The average Bonchev–Trinajstić information content (AvgIpc) is 3.66. The lowest BCUT2D eigenvalue weighted by Gasteiger charge is -2.51. The summed E-state index contributed by atoms with van der Waals surface area (Å²) in [6.07, 6.45) is -0.256. The first-order valence-electron chi connectivity index (χ1n) is 16.3. The Morgan fingerprint density at radius 3 is 2.00 bits per heavy atom. The van der Waals surface area contributed by atoms with Crippen molar-refractivity contribution in [3.05, 3.63) is 124 Å². The van der Waals surface area contributed by atoms with Crippen molar-refractivity contribution >= 4 is 13.8 Å². The maximum Gasteiger partial charge on any atom is 0.363 e. The predicted molar refractivity (Wildman–Crippen MR) is 188 cm³/mol. The minimum absolute atomic E-state index is 0.0000270. The first kappa shape index (κ1) is 34.5. The maximum atomic E-state index is 12.5. The summed E-state index contributed by atoms with van der Waals surface area (Å²) in [6, 6.07) is 25.5. The number of fused-ring (bicyclic) bond motifs is 1. The highest BCUT2D eigenvalue weighted by Gasteiger charge is 2.49. The van der Waals surface area contributed by atoms with Gasteiger partial charge in [-0.05, 0) is 49.3 Å². The van der Waals surface area contributed by atoms with Crippen LogP contribution in [0.25, 0.3) is 5.52 Å². The van der Waals surface area contributed by atoms with Crippen LogP contribution in [-0.4, -0.2) is 72.4 Å². The number of aromatic amines is 1. The van der Waals surface area contributed by atoms with Gasteiger partial charge >= 0.3 is 5.69 Å². The van der Waals surface area contributed by atoms with Crippen LogP contribution in [0.2, 0.25) is 18.1 Å². The number of hydrogen-bond acceptors (Lipinski definition) is 9. The third-order valence-corrected chi connectivity index (χ3v) is 14.4. The molecule has 5 aromatic rings. The van der Waals surface area contributed by atoms with E-state index in [1.807, 2.05) is 78.9 Å². The van der Waals surface area contributed by atoms with E-state index in [4.69, 9.17) is 23.4 Å². The van der Waals surface area contributed by atoms with E-state index in [0.29, 0.717) is 22.6 Å². The number of methoxy groups -OCH3 is 2. The molecule has 12 heteroatoms. The normalized spacial score (nSPS) is 20.1. The zero-order valence-corrected chi connectivity index (χ0v) is 29.9. The van der Waals surface area contributed by atoms with Gasteiger partial charge in [-0.25, -0.2) is 9.89 Å². The zero-order valence-electron chi connectivity index (χ0n) is 28.9. The van der Waals surface area contributed by atoms with Crippen molar-refractivity contribution in [3.63, 3.8) is 0 Å². The first-order valence-corrected chi connectivity index (χ1v) is 19.2. The van der Waals surface area contributed by atoms with Gasteiger partial charge in [-0.15, -0.1) is 18.1 Å². The molecular weight excluding hydrogens is 641 g/mol. The molecule has 3 aromatic carbocycles. The summed E-state index contributed by atoms with van der Waals surface area (Å²) in [4.78, 5) is 12.5. The second kappa shape index (κ2) is 13.5. The van der Waals surface area contributed by atoms with E-state index in [2.05, 4.69) is 49.2 Å². The molecule has 0 saturated carbocycles. The number of benzene rings is 3. The molecule has 6 rings (SSSR count). The van der Waals surface area contributed by atoms with Crippen molar-refractivity contribution in [1.82, 2.24) is 19.8 Å². The summed E-state index contributed by atoms with van der Waals surface area (Å²) in [5.74, 6) is 1.43. The number of H-pyrrole nitrogens is 1. The van der Waals surface area contributed by atoms with Gasteiger partial charge in [-0.3, -0.25) is 0 Å². The Balaban J connectivity index is 1.43. The number of rotatable bonds is 11. The highest BCUT2D eigenvalue weighted by molar-refractivity contribution is 6.74. The minimum Gasteiger partial charge on any atom is -0.558 e.